The average Bonchev–Trinajstić information content (AvgIpc) is 2.71. The second-order valence-corrected chi connectivity index (χ2v) is 11.0. The predicted octanol–water partition coefficient (Wildman–Crippen LogP) is 6.64. The summed E-state index contributed by atoms with van der Waals surface area (Å²) in [6.07, 6.45) is 0.614. The zero-order chi connectivity index (χ0) is 24.0. The molecule has 5 heteroatoms. The number of rotatable bonds is 10. The first kappa shape index (κ1) is 26.3. The van der Waals surface area contributed by atoms with E-state index in [4.69, 9.17) is 9.47 Å². The Bertz CT molecular complexity index is 915. The fraction of sp³-hybridized carbons (Fsp3) is 0.481. The van der Waals surface area contributed by atoms with Crippen LogP contribution in [0.2, 0.25) is 0 Å². The van der Waals surface area contributed by atoms with E-state index in [1.807, 2.05) is 96.1 Å². The molecule has 0 aliphatic rings. The van der Waals surface area contributed by atoms with E-state index in [9.17, 15) is 9.59 Å². The topological polar surface area (TPSA) is 52.6 Å². The summed E-state index contributed by atoms with van der Waals surface area (Å²) >= 11 is 3.49. The van der Waals surface area contributed by atoms with E-state index in [1.165, 1.54) is 0 Å². The number of ketones is 1. The van der Waals surface area contributed by atoms with Gasteiger partial charge in [-0.05, 0) is 57.4 Å². The Morgan fingerprint density at radius 1 is 0.906 bits per heavy atom. The van der Waals surface area contributed by atoms with Gasteiger partial charge in [0.2, 0.25) is 0 Å². The first-order valence-electron chi connectivity index (χ1n) is 11.0. The van der Waals surface area contributed by atoms with Crippen molar-refractivity contribution in [3.05, 3.63) is 70.2 Å². The maximum atomic E-state index is 13.2. The molecule has 0 fully saturated rings. The van der Waals surface area contributed by atoms with Gasteiger partial charge >= 0.3 is 5.97 Å². The van der Waals surface area contributed by atoms with Crippen LogP contribution in [0.1, 0.15) is 65.5 Å². The molecule has 0 spiro atoms. The zero-order valence-corrected chi connectivity index (χ0v) is 21.6. The number of hydrogen-bond donors (Lipinski definition) is 0. The number of hydrogen-bond acceptors (Lipinski definition) is 4. The quantitative estimate of drug-likeness (QED) is 0.341. The minimum atomic E-state index is -0.937. The highest BCUT2D eigenvalue weighted by atomic mass is 79.9. The summed E-state index contributed by atoms with van der Waals surface area (Å²) in [5.74, 6) is -0.260. The van der Waals surface area contributed by atoms with Crippen molar-refractivity contribution in [3.63, 3.8) is 0 Å². The lowest BCUT2D eigenvalue weighted by molar-refractivity contribution is -0.162. The largest absolute Gasteiger partial charge is 0.459 e. The van der Waals surface area contributed by atoms with E-state index < -0.39 is 16.4 Å². The van der Waals surface area contributed by atoms with Crippen LogP contribution in [0.25, 0.3) is 0 Å². The fourth-order valence-electron chi connectivity index (χ4n) is 3.37. The summed E-state index contributed by atoms with van der Waals surface area (Å²) in [6, 6.07) is 17.5. The Hall–Kier alpha value is -1.98. The molecule has 0 saturated carbocycles. The van der Waals surface area contributed by atoms with Gasteiger partial charge in [0.05, 0.1) is 18.6 Å². The Morgan fingerprint density at radius 2 is 1.56 bits per heavy atom. The molecule has 1 unspecified atom stereocenters. The third-order valence-corrected chi connectivity index (χ3v) is 5.99. The van der Waals surface area contributed by atoms with Gasteiger partial charge in [0.25, 0.3) is 0 Å². The number of benzene rings is 2. The van der Waals surface area contributed by atoms with Crippen molar-refractivity contribution in [2.45, 2.75) is 72.0 Å². The van der Waals surface area contributed by atoms with Gasteiger partial charge in [0, 0.05) is 16.3 Å². The van der Waals surface area contributed by atoms with Crippen LogP contribution in [-0.4, -0.2) is 24.0 Å². The van der Waals surface area contributed by atoms with Crippen molar-refractivity contribution < 1.29 is 19.1 Å². The van der Waals surface area contributed by atoms with Gasteiger partial charge < -0.3 is 9.47 Å². The van der Waals surface area contributed by atoms with Crippen molar-refractivity contribution in [1.82, 2.24) is 0 Å². The summed E-state index contributed by atoms with van der Waals surface area (Å²) in [5, 5.41) is 0. The third kappa shape index (κ3) is 7.56. The Morgan fingerprint density at radius 3 is 2.16 bits per heavy atom. The van der Waals surface area contributed by atoms with Gasteiger partial charge in [-0.1, -0.05) is 72.2 Å². The maximum Gasteiger partial charge on any atom is 0.316 e. The summed E-state index contributed by atoms with van der Waals surface area (Å²) in [5.41, 5.74) is -0.303. The molecule has 4 nitrogen and oxygen atoms in total. The van der Waals surface area contributed by atoms with Crippen LogP contribution in [0.15, 0.2) is 59.1 Å². The molecule has 0 bridgehead atoms. The summed E-state index contributed by atoms with van der Waals surface area (Å²) < 4.78 is 12.5. The molecular weight excluding hydrogens is 468 g/mol. The van der Waals surface area contributed by atoms with Gasteiger partial charge in [-0.2, -0.15) is 0 Å². The van der Waals surface area contributed by atoms with Gasteiger partial charge in [-0.15, -0.1) is 0 Å². The summed E-state index contributed by atoms with van der Waals surface area (Å²) in [4.78, 5) is 26.3. The SMILES string of the molecule is CC(C)(C)OC(=O)C(C)(CCC(=O)C(C)(C)COCc1ccccc1)c1cccc(Br)c1. The highest BCUT2D eigenvalue weighted by molar-refractivity contribution is 9.10. The van der Waals surface area contributed by atoms with E-state index in [2.05, 4.69) is 15.9 Å². The van der Waals surface area contributed by atoms with Crippen molar-refractivity contribution in [2.75, 3.05) is 6.61 Å². The summed E-state index contributed by atoms with van der Waals surface area (Å²) in [7, 11) is 0. The fourth-order valence-corrected chi connectivity index (χ4v) is 3.77. The van der Waals surface area contributed by atoms with Gasteiger partial charge in [0.15, 0.2) is 0 Å². The molecule has 32 heavy (non-hydrogen) atoms. The molecule has 2 rings (SSSR count). The van der Waals surface area contributed by atoms with Crippen LogP contribution in [0.5, 0.6) is 0 Å². The third-order valence-electron chi connectivity index (χ3n) is 5.49. The van der Waals surface area contributed by atoms with Gasteiger partial charge in [-0.25, -0.2) is 0 Å². The molecule has 0 radical (unpaired) electrons. The molecule has 0 N–H and O–H groups in total. The standard InChI is InChI=1S/C27H35BrO4/c1-25(2,3)32-24(30)27(6,21-13-10-14-22(28)17-21)16-15-23(29)26(4,5)19-31-18-20-11-8-7-9-12-20/h7-14,17H,15-16,18-19H2,1-6H3. The lowest BCUT2D eigenvalue weighted by Gasteiger charge is -2.33. The number of halogens is 1. The van der Waals surface area contributed by atoms with Crippen molar-refractivity contribution >= 4 is 27.7 Å². The van der Waals surface area contributed by atoms with E-state index in [-0.39, 0.29) is 18.2 Å². The minimum absolute atomic E-state index is 0.0651. The lowest BCUT2D eigenvalue weighted by atomic mass is 9.75. The number of ether oxygens (including phenoxy) is 2. The number of carbonyl (C=O) groups is 2. The van der Waals surface area contributed by atoms with Crippen molar-refractivity contribution in [1.29, 1.82) is 0 Å². The number of esters is 1. The van der Waals surface area contributed by atoms with E-state index >= 15 is 0 Å². The molecule has 174 valence electrons. The lowest BCUT2D eigenvalue weighted by Crippen LogP contribution is -2.40. The van der Waals surface area contributed by atoms with Crippen LogP contribution in [0, 0.1) is 5.41 Å². The van der Waals surface area contributed by atoms with E-state index in [0.717, 1.165) is 15.6 Å². The van der Waals surface area contributed by atoms with E-state index in [1.54, 1.807) is 0 Å². The second kappa shape index (κ2) is 10.8. The zero-order valence-electron chi connectivity index (χ0n) is 20.0. The molecule has 2 aromatic carbocycles. The van der Waals surface area contributed by atoms with Crippen LogP contribution >= 0.6 is 15.9 Å². The molecule has 0 aliphatic carbocycles. The Balaban J connectivity index is 2.10. The molecule has 2 aromatic rings. The monoisotopic (exact) mass is 502 g/mol. The average molecular weight is 503 g/mol. The maximum absolute atomic E-state index is 13.2. The van der Waals surface area contributed by atoms with Crippen LogP contribution in [-0.2, 0) is 31.1 Å². The molecule has 0 heterocycles. The molecular formula is C27H35BrO4. The first-order valence-corrected chi connectivity index (χ1v) is 11.8. The summed E-state index contributed by atoms with van der Waals surface area (Å²) in [6.45, 7) is 12.0. The highest BCUT2D eigenvalue weighted by Gasteiger charge is 2.40. The second-order valence-electron chi connectivity index (χ2n) is 10.1. The van der Waals surface area contributed by atoms with Crippen molar-refractivity contribution in [3.8, 4) is 0 Å². The molecule has 1 atom stereocenters. The molecule has 0 amide bonds. The molecule has 0 saturated heterocycles. The molecule has 0 aliphatic heterocycles. The predicted molar refractivity (Wildman–Crippen MR) is 131 cm³/mol. The first-order chi connectivity index (χ1) is 14.8. The van der Waals surface area contributed by atoms with Gasteiger partial charge in [0.1, 0.15) is 11.4 Å². The number of Topliss-reactive ketones (excluding diaryl/α,β-unsaturated/α-hetero) is 1. The minimum Gasteiger partial charge on any atom is -0.459 e. The molecule has 0 aromatic heterocycles. The van der Waals surface area contributed by atoms with E-state index in [0.29, 0.717) is 19.6 Å². The smallest absolute Gasteiger partial charge is 0.316 e. The number of carbonyl (C=O) groups excluding carboxylic acids is 2. The van der Waals surface area contributed by atoms with Crippen LogP contribution in [0.4, 0.5) is 0 Å². The van der Waals surface area contributed by atoms with Crippen LogP contribution in [0.3, 0.4) is 0 Å². The van der Waals surface area contributed by atoms with Gasteiger partial charge in [-0.3, -0.25) is 9.59 Å². The normalized spacial score (nSPS) is 14.0. The Labute approximate surface area is 200 Å². The Kier molecular flexibility index (Phi) is 8.83. The van der Waals surface area contributed by atoms with Crippen LogP contribution < -0.4 is 0 Å². The van der Waals surface area contributed by atoms with Crippen molar-refractivity contribution in [2.24, 2.45) is 5.41 Å². The highest BCUT2D eigenvalue weighted by Crippen LogP contribution is 2.35.